The van der Waals surface area contributed by atoms with Gasteiger partial charge in [0.05, 0.1) is 12.7 Å². The second kappa shape index (κ2) is 6.02. The van der Waals surface area contributed by atoms with E-state index in [0.29, 0.717) is 11.3 Å². The topological polar surface area (TPSA) is 153 Å². The molecule has 126 valence electrons. The van der Waals surface area contributed by atoms with E-state index in [0.717, 1.165) is 4.57 Å². The number of H-pyrrole nitrogens is 1. The Morgan fingerprint density at radius 2 is 2.35 bits per heavy atom. The highest BCUT2D eigenvalue weighted by atomic mass is 32.1. The van der Waals surface area contributed by atoms with Crippen LogP contribution in [-0.4, -0.2) is 56.8 Å². The van der Waals surface area contributed by atoms with Crippen molar-refractivity contribution in [3.8, 4) is 0 Å². The maximum Gasteiger partial charge on any atom is 0.311 e. The van der Waals surface area contributed by atoms with Gasteiger partial charge in [-0.05, 0) is 0 Å². The molecule has 4 atom stereocenters. The third kappa shape index (κ3) is 2.77. The number of nitrogens with one attached hydrogen (secondary N) is 1. The van der Waals surface area contributed by atoms with Crippen molar-refractivity contribution in [1.29, 1.82) is 0 Å². The van der Waals surface area contributed by atoms with Gasteiger partial charge in [-0.3, -0.25) is 19.1 Å². The van der Waals surface area contributed by atoms with Gasteiger partial charge in [-0.1, -0.05) is 11.3 Å². The van der Waals surface area contributed by atoms with Crippen LogP contribution in [0.1, 0.15) is 12.6 Å². The van der Waals surface area contributed by atoms with Crippen LogP contribution in [0.4, 0.5) is 5.95 Å². The number of nitrogen functional groups attached to an aromatic ring is 1. The van der Waals surface area contributed by atoms with Crippen LogP contribution in [0, 0.1) is 0 Å². The Hall–Kier alpha value is -1.79. The molecule has 1 aliphatic rings. The molecule has 0 spiro atoms. The Kier molecular flexibility index (Phi) is 4.21. The molecule has 0 bridgehead atoms. The number of nitrogens with two attached hydrogens (primary N) is 1. The highest BCUT2D eigenvalue weighted by Crippen LogP contribution is 2.32. The first-order chi connectivity index (χ1) is 10.9. The molecule has 0 aliphatic carbocycles. The number of anilines is 1. The van der Waals surface area contributed by atoms with Crippen molar-refractivity contribution in [2.24, 2.45) is 0 Å². The average Bonchev–Trinajstić information content (AvgIpc) is 2.99. The van der Waals surface area contributed by atoms with Crippen molar-refractivity contribution < 1.29 is 19.7 Å². The normalized spacial score (nSPS) is 26.0. The molecular formula is C12H16N4O6S. The maximum atomic E-state index is 12.2. The SMILES string of the molecule is COCC(O)[C@@H]1C[C@@H](O)[C@H](n2c(=O)sc3c(=O)[nH]c(N)nc32)O1. The predicted molar refractivity (Wildman–Crippen MR) is 81.3 cm³/mol. The number of methoxy groups -OCH3 is 1. The van der Waals surface area contributed by atoms with E-state index in [-0.39, 0.29) is 29.3 Å². The number of aliphatic hydroxyl groups is 2. The summed E-state index contributed by atoms with van der Waals surface area (Å²) >= 11 is 0.690. The Bertz CT molecular complexity index is 829. The van der Waals surface area contributed by atoms with Gasteiger partial charge >= 0.3 is 4.87 Å². The van der Waals surface area contributed by atoms with Gasteiger partial charge < -0.3 is 25.4 Å². The molecule has 0 radical (unpaired) electrons. The van der Waals surface area contributed by atoms with Gasteiger partial charge in [0, 0.05) is 13.5 Å². The molecule has 1 aliphatic heterocycles. The number of nitrogens with zero attached hydrogens (tertiary/aromatic N) is 2. The van der Waals surface area contributed by atoms with Crippen LogP contribution in [0.3, 0.4) is 0 Å². The minimum atomic E-state index is -1.05. The van der Waals surface area contributed by atoms with E-state index in [1.165, 1.54) is 7.11 Å². The lowest BCUT2D eigenvalue weighted by atomic mass is 10.1. The summed E-state index contributed by atoms with van der Waals surface area (Å²) in [5, 5.41) is 20.1. The van der Waals surface area contributed by atoms with E-state index in [4.69, 9.17) is 15.2 Å². The monoisotopic (exact) mass is 344 g/mol. The summed E-state index contributed by atoms with van der Waals surface area (Å²) in [5.74, 6) is -0.141. The fourth-order valence-electron chi connectivity index (χ4n) is 2.61. The average molecular weight is 344 g/mol. The quantitative estimate of drug-likeness (QED) is 0.516. The Morgan fingerprint density at radius 1 is 1.61 bits per heavy atom. The molecule has 3 rings (SSSR count). The fourth-order valence-corrected chi connectivity index (χ4v) is 3.45. The van der Waals surface area contributed by atoms with Gasteiger partial charge in [0.25, 0.3) is 5.56 Å². The summed E-state index contributed by atoms with van der Waals surface area (Å²) in [6, 6.07) is 0. The Labute approximate surface area is 133 Å². The number of hydrogen-bond acceptors (Lipinski definition) is 9. The standard InChI is InChI=1S/C12H16N4O6S/c1-21-3-5(18)6-2-4(17)10(22-6)16-8-7(23-12(16)20)9(19)15-11(13)14-8/h4-6,10,17-18H,2-3H2,1H3,(H3,13,14,15,19)/t4-,5?,6+,10-/m1/s1. The van der Waals surface area contributed by atoms with Crippen LogP contribution < -0.4 is 16.2 Å². The van der Waals surface area contributed by atoms with E-state index >= 15 is 0 Å². The molecule has 0 saturated carbocycles. The number of thiazole rings is 1. The summed E-state index contributed by atoms with van der Waals surface area (Å²) in [5.41, 5.74) is 5.03. The zero-order valence-electron chi connectivity index (χ0n) is 12.1. The van der Waals surface area contributed by atoms with Crippen LogP contribution in [0.2, 0.25) is 0 Å². The van der Waals surface area contributed by atoms with Crippen LogP contribution in [0.5, 0.6) is 0 Å². The minimum absolute atomic E-state index is 0.0360. The van der Waals surface area contributed by atoms with Gasteiger partial charge in [-0.25, -0.2) is 0 Å². The largest absolute Gasteiger partial charge is 0.388 e. The first-order valence-electron chi connectivity index (χ1n) is 6.83. The van der Waals surface area contributed by atoms with E-state index in [1.54, 1.807) is 0 Å². The highest BCUT2D eigenvalue weighted by Gasteiger charge is 2.40. The zero-order chi connectivity index (χ0) is 16.7. The second-order valence-corrected chi connectivity index (χ2v) is 6.19. The second-order valence-electron chi connectivity index (χ2n) is 5.23. The lowest BCUT2D eigenvalue weighted by Crippen LogP contribution is -2.31. The lowest BCUT2D eigenvalue weighted by Gasteiger charge is -2.19. The van der Waals surface area contributed by atoms with Crippen LogP contribution in [-0.2, 0) is 9.47 Å². The number of hydrogen-bond donors (Lipinski definition) is 4. The smallest absolute Gasteiger partial charge is 0.311 e. The summed E-state index contributed by atoms with van der Waals surface area (Å²) < 4.78 is 11.6. The van der Waals surface area contributed by atoms with Crippen molar-refractivity contribution in [1.82, 2.24) is 14.5 Å². The number of aromatic amines is 1. The summed E-state index contributed by atoms with van der Waals surface area (Å²) in [7, 11) is 1.43. The molecule has 5 N–H and O–H groups in total. The van der Waals surface area contributed by atoms with Crippen molar-refractivity contribution in [2.45, 2.75) is 31.0 Å². The zero-order valence-corrected chi connectivity index (χ0v) is 12.9. The molecule has 2 aromatic heterocycles. The molecule has 1 unspecified atom stereocenters. The maximum absolute atomic E-state index is 12.2. The Morgan fingerprint density at radius 3 is 3.04 bits per heavy atom. The number of rotatable bonds is 4. The number of ether oxygens (including phenoxy) is 2. The van der Waals surface area contributed by atoms with Gasteiger partial charge in [0.1, 0.15) is 16.9 Å². The molecule has 1 fully saturated rings. The molecule has 23 heavy (non-hydrogen) atoms. The minimum Gasteiger partial charge on any atom is -0.388 e. The van der Waals surface area contributed by atoms with E-state index in [9.17, 15) is 19.8 Å². The van der Waals surface area contributed by atoms with Crippen molar-refractivity contribution in [3.05, 3.63) is 20.0 Å². The lowest BCUT2D eigenvalue weighted by molar-refractivity contribution is -0.0896. The third-order valence-corrected chi connectivity index (χ3v) is 4.57. The molecule has 0 amide bonds. The third-order valence-electron chi connectivity index (χ3n) is 3.63. The first-order valence-corrected chi connectivity index (χ1v) is 7.65. The van der Waals surface area contributed by atoms with Crippen molar-refractivity contribution in [2.75, 3.05) is 19.5 Å². The van der Waals surface area contributed by atoms with Gasteiger partial charge in [0.15, 0.2) is 11.9 Å². The Balaban J connectivity index is 2.02. The van der Waals surface area contributed by atoms with Gasteiger partial charge in [-0.15, -0.1) is 0 Å². The predicted octanol–water partition coefficient (Wildman–Crippen LogP) is -1.62. The number of aromatic nitrogens is 3. The molecular weight excluding hydrogens is 328 g/mol. The highest BCUT2D eigenvalue weighted by molar-refractivity contribution is 7.16. The summed E-state index contributed by atoms with van der Waals surface area (Å²) in [6.45, 7) is 0.0360. The molecule has 1 saturated heterocycles. The molecule has 2 aromatic rings. The van der Waals surface area contributed by atoms with Crippen molar-refractivity contribution >= 4 is 27.6 Å². The fraction of sp³-hybridized carbons (Fsp3) is 0.583. The summed E-state index contributed by atoms with van der Waals surface area (Å²) in [4.78, 5) is 29.8. The molecule has 11 heteroatoms. The molecule has 0 aromatic carbocycles. The first kappa shape index (κ1) is 16.1. The number of fused-ring (bicyclic) bond motifs is 1. The van der Waals surface area contributed by atoms with Gasteiger partial charge in [-0.2, -0.15) is 4.98 Å². The van der Waals surface area contributed by atoms with E-state index in [1.807, 2.05) is 0 Å². The van der Waals surface area contributed by atoms with E-state index in [2.05, 4.69) is 9.97 Å². The van der Waals surface area contributed by atoms with Crippen LogP contribution in [0.25, 0.3) is 10.3 Å². The molecule has 3 heterocycles. The van der Waals surface area contributed by atoms with Crippen LogP contribution in [0.15, 0.2) is 9.59 Å². The van der Waals surface area contributed by atoms with Gasteiger partial charge in [0.2, 0.25) is 5.95 Å². The number of aliphatic hydroxyl groups excluding tert-OH is 2. The molecule has 10 nitrogen and oxygen atoms in total. The van der Waals surface area contributed by atoms with E-state index < -0.39 is 35.0 Å². The van der Waals surface area contributed by atoms with Crippen LogP contribution >= 0.6 is 11.3 Å². The van der Waals surface area contributed by atoms with Crippen molar-refractivity contribution in [3.63, 3.8) is 0 Å². The summed E-state index contributed by atoms with van der Waals surface area (Å²) in [6.07, 6.45) is -3.61.